The standard InChI is InChI=1S/C19H29ClN6O7S/c1-12(16(31-4)17-21-7-13(20)8-22-17)34(27,28)25-19-24-23-18(15-11-32-5-6-33-15)26(19)14(9-29-2)10-30-3/h7-8,12,14-16H,5-6,9-11H2,1-4H3,(H,24,25)/t12-,15+,16-/m0/s1. The van der Waals surface area contributed by atoms with Gasteiger partial charge in [0.1, 0.15) is 17.5 Å². The van der Waals surface area contributed by atoms with E-state index in [-0.39, 0.29) is 31.6 Å². The third kappa shape index (κ3) is 6.19. The first kappa shape index (κ1) is 26.7. The number of nitrogens with one attached hydrogen (secondary N) is 1. The van der Waals surface area contributed by atoms with Crippen LogP contribution in [0.4, 0.5) is 5.95 Å². The maximum Gasteiger partial charge on any atom is 0.240 e. The van der Waals surface area contributed by atoms with Crippen LogP contribution in [0, 0.1) is 0 Å². The van der Waals surface area contributed by atoms with Crippen LogP contribution in [0.2, 0.25) is 5.02 Å². The number of methoxy groups -OCH3 is 3. The van der Waals surface area contributed by atoms with Gasteiger partial charge in [-0.2, -0.15) is 0 Å². The van der Waals surface area contributed by atoms with E-state index in [1.807, 2.05) is 0 Å². The van der Waals surface area contributed by atoms with Crippen LogP contribution in [0.1, 0.15) is 36.8 Å². The fourth-order valence-corrected chi connectivity index (χ4v) is 4.77. The van der Waals surface area contributed by atoms with E-state index in [0.717, 1.165) is 0 Å². The lowest BCUT2D eigenvalue weighted by molar-refractivity contribution is -0.0957. The van der Waals surface area contributed by atoms with Gasteiger partial charge in [-0.1, -0.05) is 11.6 Å². The SMILES string of the molecule is COCC(COC)n1c(NS(=O)(=O)[C@@H](C)[C@H](OC)c2ncc(Cl)cn2)nnc1[C@H]1COCCO1. The molecule has 2 aromatic heterocycles. The molecule has 1 N–H and O–H groups in total. The maximum absolute atomic E-state index is 13.3. The Balaban J connectivity index is 1.94. The highest BCUT2D eigenvalue weighted by Crippen LogP contribution is 2.29. The number of sulfonamides is 1. The third-order valence-electron chi connectivity index (χ3n) is 5.21. The van der Waals surface area contributed by atoms with Gasteiger partial charge in [0.05, 0.1) is 44.1 Å². The van der Waals surface area contributed by atoms with Crippen LogP contribution in [-0.2, 0) is 33.7 Å². The molecule has 3 heterocycles. The first-order valence-corrected chi connectivity index (χ1v) is 12.4. The summed E-state index contributed by atoms with van der Waals surface area (Å²) >= 11 is 5.85. The number of hydrogen-bond acceptors (Lipinski definition) is 11. The van der Waals surface area contributed by atoms with Gasteiger partial charge < -0.3 is 23.7 Å². The van der Waals surface area contributed by atoms with Crippen molar-refractivity contribution in [2.24, 2.45) is 0 Å². The molecular weight excluding hydrogens is 492 g/mol. The zero-order valence-corrected chi connectivity index (χ0v) is 21.0. The van der Waals surface area contributed by atoms with Crippen molar-refractivity contribution < 1.29 is 32.1 Å². The number of nitrogens with zero attached hydrogens (tertiary/aromatic N) is 5. The van der Waals surface area contributed by atoms with Crippen molar-refractivity contribution in [1.82, 2.24) is 24.7 Å². The predicted molar refractivity (Wildman–Crippen MR) is 121 cm³/mol. The fraction of sp³-hybridized carbons (Fsp3) is 0.684. The molecular formula is C19H29ClN6O7S. The van der Waals surface area contributed by atoms with Crippen LogP contribution in [0.3, 0.4) is 0 Å². The average molecular weight is 521 g/mol. The molecule has 1 aliphatic heterocycles. The Labute approximate surface area is 203 Å². The minimum Gasteiger partial charge on any atom is -0.382 e. The minimum atomic E-state index is -4.05. The van der Waals surface area contributed by atoms with Crippen LogP contribution in [-0.4, -0.2) is 92.8 Å². The Morgan fingerprint density at radius 3 is 2.41 bits per heavy atom. The Morgan fingerprint density at radius 1 is 1.18 bits per heavy atom. The minimum absolute atomic E-state index is 0.0120. The molecule has 0 saturated carbocycles. The monoisotopic (exact) mass is 520 g/mol. The van der Waals surface area contributed by atoms with Gasteiger partial charge in [0.2, 0.25) is 16.0 Å². The molecule has 0 aromatic carbocycles. The van der Waals surface area contributed by atoms with Crippen LogP contribution in [0.15, 0.2) is 12.4 Å². The lowest BCUT2D eigenvalue weighted by atomic mass is 10.2. The largest absolute Gasteiger partial charge is 0.382 e. The maximum atomic E-state index is 13.3. The molecule has 2 aromatic rings. The van der Waals surface area contributed by atoms with Gasteiger partial charge in [-0.3, -0.25) is 9.29 Å². The van der Waals surface area contributed by atoms with E-state index >= 15 is 0 Å². The first-order chi connectivity index (χ1) is 16.3. The molecule has 0 amide bonds. The molecule has 1 fully saturated rings. The second kappa shape index (κ2) is 12.2. The number of ether oxygens (including phenoxy) is 5. The summed E-state index contributed by atoms with van der Waals surface area (Å²) in [5.41, 5.74) is 0. The van der Waals surface area contributed by atoms with Crippen LogP contribution in [0.25, 0.3) is 0 Å². The summed E-state index contributed by atoms with van der Waals surface area (Å²) in [5, 5.41) is 7.53. The molecule has 0 radical (unpaired) electrons. The molecule has 0 spiro atoms. The van der Waals surface area contributed by atoms with E-state index < -0.39 is 33.5 Å². The van der Waals surface area contributed by atoms with E-state index in [9.17, 15) is 8.42 Å². The van der Waals surface area contributed by atoms with E-state index in [0.29, 0.717) is 24.1 Å². The summed E-state index contributed by atoms with van der Waals surface area (Å²) in [4.78, 5) is 8.19. The lowest BCUT2D eigenvalue weighted by Crippen LogP contribution is -2.35. The van der Waals surface area contributed by atoms with Gasteiger partial charge in [-0.25, -0.2) is 18.4 Å². The summed E-state index contributed by atoms with van der Waals surface area (Å²) in [7, 11) is 0.398. The number of aromatic nitrogens is 5. The lowest BCUT2D eigenvalue weighted by Gasteiger charge is -2.27. The van der Waals surface area contributed by atoms with Crippen LogP contribution < -0.4 is 4.72 Å². The van der Waals surface area contributed by atoms with Crippen molar-refractivity contribution in [2.45, 2.75) is 30.4 Å². The van der Waals surface area contributed by atoms with Crippen molar-refractivity contribution in [3.8, 4) is 0 Å². The number of anilines is 1. The van der Waals surface area contributed by atoms with E-state index in [1.165, 1.54) is 40.6 Å². The second-order valence-electron chi connectivity index (χ2n) is 7.52. The predicted octanol–water partition coefficient (Wildman–Crippen LogP) is 1.16. The molecule has 15 heteroatoms. The van der Waals surface area contributed by atoms with E-state index in [1.54, 1.807) is 4.57 Å². The highest BCUT2D eigenvalue weighted by molar-refractivity contribution is 7.93. The summed E-state index contributed by atoms with van der Waals surface area (Å²) in [6.07, 6.45) is 1.26. The Bertz CT molecular complexity index is 1010. The van der Waals surface area contributed by atoms with Crippen molar-refractivity contribution in [3.05, 3.63) is 29.1 Å². The van der Waals surface area contributed by atoms with Crippen LogP contribution in [0.5, 0.6) is 0 Å². The molecule has 13 nitrogen and oxygen atoms in total. The summed E-state index contributed by atoms with van der Waals surface area (Å²) in [6, 6.07) is -0.434. The van der Waals surface area contributed by atoms with Gasteiger partial charge in [0.15, 0.2) is 11.6 Å². The van der Waals surface area contributed by atoms with Crippen molar-refractivity contribution >= 4 is 27.6 Å². The van der Waals surface area contributed by atoms with Gasteiger partial charge in [-0.05, 0) is 6.92 Å². The second-order valence-corrected chi connectivity index (χ2v) is 9.99. The van der Waals surface area contributed by atoms with Gasteiger partial charge >= 0.3 is 0 Å². The van der Waals surface area contributed by atoms with Gasteiger partial charge in [0.25, 0.3) is 0 Å². The Morgan fingerprint density at radius 2 is 1.85 bits per heavy atom. The molecule has 0 bridgehead atoms. The summed E-state index contributed by atoms with van der Waals surface area (Å²) in [6.45, 7) is 3.02. The Hall–Kier alpha value is -1.94. The smallest absolute Gasteiger partial charge is 0.240 e. The van der Waals surface area contributed by atoms with Crippen molar-refractivity contribution in [2.75, 3.05) is 59.1 Å². The fourth-order valence-electron chi connectivity index (χ4n) is 3.53. The highest BCUT2D eigenvalue weighted by atomic mass is 35.5. The highest BCUT2D eigenvalue weighted by Gasteiger charge is 2.36. The summed E-state index contributed by atoms with van der Waals surface area (Å²) < 4.78 is 58.2. The van der Waals surface area contributed by atoms with E-state index in [2.05, 4.69) is 24.9 Å². The number of rotatable bonds is 12. The number of halogens is 1. The quantitative estimate of drug-likeness (QED) is 0.429. The topological polar surface area (TPSA) is 149 Å². The molecule has 3 rings (SSSR count). The van der Waals surface area contributed by atoms with E-state index in [4.69, 9.17) is 35.3 Å². The van der Waals surface area contributed by atoms with Crippen LogP contribution >= 0.6 is 11.6 Å². The molecule has 1 saturated heterocycles. The Kier molecular flexibility index (Phi) is 9.53. The van der Waals surface area contributed by atoms with Crippen molar-refractivity contribution in [1.29, 1.82) is 0 Å². The molecule has 0 unspecified atom stereocenters. The molecule has 190 valence electrons. The first-order valence-electron chi connectivity index (χ1n) is 10.5. The zero-order chi connectivity index (χ0) is 24.7. The van der Waals surface area contributed by atoms with Gasteiger partial charge in [0, 0.05) is 33.7 Å². The molecule has 1 aliphatic rings. The van der Waals surface area contributed by atoms with Crippen molar-refractivity contribution in [3.63, 3.8) is 0 Å². The average Bonchev–Trinajstić information content (AvgIpc) is 3.23. The number of hydrogen-bond donors (Lipinski definition) is 1. The molecule has 34 heavy (non-hydrogen) atoms. The normalized spacial score (nSPS) is 18.7. The molecule has 3 atom stereocenters. The van der Waals surface area contributed by atoms with Gasteiger partial charge in [-0.15, -0.1) is 10.2 Å². The zero-order valence-electron chi connectivity index (χ0n) is 19.4. The summed E-state index contributed by atoms with van der Waals surface area (Å²) in [5.74, 6) is 0.562. The molecule has 0 aliphatic carbocycles. The third-order valence-corrected chi connectivity index (χ3v) is 7.10.